The van der Waals surface area contributed by atoms with E-state index in [4.69, 9.17) is 10.1 Å². The average molecular weight is 220 g/mol. The molecule has 15 heavy (non-hydrogen) atoms. The van der Waals surface area contributed by atoms with Gasteiger partial charge in [0.15, 0.2) is 4.80 Å². The third-order valence-electron chi connectivity index (χ3n) is 2.03. The van der Waals surface area contributed by atoms with E-state index in [1.807, 2.05) is 47.3 Å². The Hall–Kier alpha value is -1.55. The van der Waals surface area contributed by atoms with Crippen molar-refractivity contribution < 1.29 is 4.74 Å². The summed E-state index contributed by atoms with van der Waals surface area (Å²) in [6, 6.07) is 7.75. The molecule has 0 aliphatic rings. The van der Waals surface area contributed by atoms with Crippen LogP contribution in [0.3, 0.4) is 0 Å². The molecule has 0 unspecified atom stereocenters. The maximum absolute atomic E-state index is 7.67. The molecule has 1 aromatic carbocycles. The highest BCUT2D eigenvalue weighted by Gasteiger charge is 1.98. The molecule has 1 aromatic heterocycles. The molecular formula is C11H12N2OS. The summed E-state index contributed by atoms with van der Waals surface area (Å²) in [7, 11) is 0. The molecule has 0 aliphatic carbocycles. The lowest BCUT2D eigenvalue weighted by molar-refractivity contribution is 0.340. The molecular weight excluding hydrogens is 208 g/mol. The molecule has 3 nitrogen and oxygen atoms in total. The normalized spacial score (nSPS) is 10.2. The first-order chi connectivity index (χ1) is 7.31. The number of nitrogens with zero attached hydrogens (tertiary/aromatic N) is 1. The summed E-state index contributed by atoms with van der Waals surface area (Å²) in [5.74, 6) is 0.864. The summed E-state index contributed by atoms with van der Waals surface area (Å²) in [6.45, 7) is 2.64. The van der Waals surface area contributed by atoms with Gasteiger partial charge in [0.1, 0.15) is 5.75 Å². The summed E-state index contributed by atoms with van der Waals surface area (Å²) in [6.07, 6.45) is 1.89. The number of benzene rings is 1. The molecule has 0 saturated heterocycles. The van der Waals surface area contributed by atoms with Crippen LogP contribution in [-0.4, -0.2) is 11.2 Å². The lowest BCUT2D eigenvalue weighted by atomic mass is 10.3. The largest absolute Gasteiger partial charge is 0.494 e. The summed E-state index contributed by atoms with van der Waals surface area (Å²) in [5.41, 5.74) is 0.990. The molecule has 0 saturated carbocycles. The number of aromatic nitrogens is 1. The number of hydrogen-bond donors (Lipinski definition) is 1. The third kappa shape index (κ3) is 2.10. The van der Waals surface area contributed by atoms with E-state index in [1.165, 1.54) is 11.3 Å². The van der Waals surface area contributed by atoms with Gasteiger partial charge in [-0.25, -0.2) is 0 Å². The minimum Gasteiger partial charge on any atom is -0.494 e. The Morgan fingerprint density at radius 3 is 2.60 bits per heavy atom. The second kappa shape index (κ2) is 4.31. The second-order valence-corrected chi connectivity index (χ2v) is 3.90. The molecule has 0 bridgehead atoms. The zero-order valence-corrected chi connectivity index (χ0v) is 9.25. The molecule has 1 N–H and O–H groups in total. The van der Waals surface area contributed by atoms with Gasteiger partial charge in [-0.1, -0.05) is 0 Å². The van der Waals surface area contributed by atoms with Gasteiger partial charge in [-0.2, -0.15) is 0 Å². The van der Waals surface area contributed by atoms with Crippen LogP contribution in [0.25, 0.3) is 5.69 Å². The molecule has 0 atom stereocenters. The Balaban J connectivity index is 2.32. The van der Waals surface area contributed by atoms with Crippen molar-refractivity contribution in [2.45, 2.75) is 6.92 Å². The van der Waals surface area contributed by atoms with Gasteiger partial charge in [0.05, 0.1) is 6.61 Å². The third-order valence-corrected chi connectivity index (χ3v) is 2.71. The van der Waals surface area contributed by atoms with E-state index < -0.39 is 0 Å². The van der Waals surface area contributed by atoms with Crippen LogP contribution in [-0.2, 0) is 0 Å². The van der Waals surface area contributed by atoms with Gasteiger partial charge in [-0.3, -0.25) is 9.98 Å². The van der Waals surface area contributed by atoms with Crippen LogP contribution in [0.15, 0.2) is 35.8 Å². The molecule has 0 spiro atoms. The van der Waals surface area contributed by atoms with E-state index >= 15 is 0 Å². The van der Waals surface area contributed by atoms with Crippen LogP contribution < -0.4 is 9.54 Å². The topological polar surface area (TPSA) is 38.0 Å². The zero-order valence-electron chi connectivity index (χ0n) is 8.43. The lowest BCUT2D eigenvalue weighted by Gasteiger charge is -2.05. The van der Waals surface area contributed by atoms with Crippen molar-refractivity contribution in [3.05, 3.63) is 40.6 Å². The monoisotopic (exact) mass is 220 g/mol. The standard InChI is InChI=1S/C11H12N2OS/c1-2-14-10-5-3-9(4-6-10)13-7-8-15-11(13)12/h3-8,12H,2H2,1H3. The van der Waals surface area contributed by atoms with Crippen molar-refractivity contribution in [1.82, 2.24) is 4.57 Å². The van der Waals surface area contributed by atoms with E-state index in [-0.39, 0.29) is 0 Å². The summed E-state index contributed by atoms with van der Waals surface area (Å²) < 4.78 is 7.19. The first-order valence-corrected chi connectivity index (χ1v) is 5.63. The Morgan fingerprint density at radius 2 is 2.07 bits per heavy atom. The van der Waals surface area contributed by atoms with E-state index in [0.29, 0.717) is 11.4 Å². The molecule has 2 rings (SSSR count). The molecule has 0 aliphatic heterocycles. The van der Waals surface area contributed by atoms with Crippen molar-refractivity contribution in [2.75, 3.05) is 6.61 Å². The molecule has 0 radical (unpaired) electrons. The van der Waals surface area contributed by atoms with Gasteiger partial charge in [0, 0.05) is 17.3 Å². The van der Waals surface area contributed by atoms with Gasteiger partial charge in [0.25, 0.3) is 0 Å². The SMILES string of the molecule is CCOc1ccc(-n2ccsc2=N)cc1. The van der Waals surface area contributed by atoms with Crippen molar-refractivity contribution >= 4 is 11.3 Å². The molecule has 1 heterocycles. The Bertz CT molecular complexity index is 484. The van der Waals surface area contributed by atoms with Crippen LogP contribution in [0.2, 0.25) is 0 Å². The van der Waals surface area contributed by atoms with Crippen molar-refractivity contribution in [3.63, 3.8) is 0 Å². The van der Waals surface area contributed by atoms with Crippen molar-refractivity contribution in [1.29, 1.82) is 5.41 Å². The fraction of sp³-hybridized carbons (Fsp3) is 0.182. The number of rotatable bonds is 3. The number of nitrogens with one attached hydrogen (secondary N) is 1. The smallest absolute Gasteiger partial charge is 0.186 e. The first-order valence-electron chi connectivity index (χ1n) is 4.75. The first kappa shape index (κ1) is 9.98. The van der Waals surface area contributed by atoms with Gasteiger partial charge in [-0.15, -0.1) is 11.3 Å². The maximum Gasteiger partial charge on any atom is 0.186 e. The molecule has 0 fully saturated rings. The molecule has 2 aromatic rings. The Kier molecular flexibility index (Phi) is 2.87. The van der Waals surface area contributed by atoms with Crippen LogP contribution in [0.1, 0.15) is 6.92 Å². The summed E-state index contributed by atoms with van der Waals surface area (Å²) in [4.78, 5) is 0.527. The predicted octanol–water partition coefficient (Wildman–Crippen LogP) is 2.42. The van der Waals surface area contributed by atoms with Crippen molar-refractivity contribution in [2.24, 2.45) is 0 Å². The van der Waals surface area contributed by atoms with Crippen LogP contribution in [0.4, 0.5) is 0 Å². The molecule has 0 amide bonds. The predicted molar refractivity (Wildman–Crippen MR) is 60.7 cm³/mol. The van der Waals surface area contributed by atoms with E-state index in [1.54, 1.807) is 0 Å². The van der Waals surface area contributed by atoms with Gasteiger partial charge >= 0.3 is 0 Å². The lowest BCUT2D eigenvalue weighted by Crippen LogP contribution is -2.09. The quantitative estimate of drug-likeness (QED) is 0.847. The van der Waals surface area contributed by atoms with Gasteiger partial charge in [-0.05, 0) is 31.2 Å². The average Bonchev–Trinajstić information content (AvgIpc) is 2.66. The summed E-state index contributed by atoms with van der Waals surface area (Å²) in [5, 5.41) is 9.57. The highest BCUT2D eigenvalue weighted by Crippen LogP contribution is 2.14. The van der Waals surface area contributed by atoms with E-state index in [2.05, 4.69) is 0 Å². The highest BCUT2D eigenvalue weighted by atomic mass is 32.1. The Morgan fingerprint density at radius 1 is 1.33 bits per heavy atom. The Labute approximate surface area is 92.1 Å². The fourth-order valence-electron chi connectivity index (χ4n) is 1.35. The molecule has 4 heteroatoms. The van der Waals surface area contributed by atoms with E-state index in [9.17, 15) is 0 Å². The maximum atomic E-state index is 7.67. The second-order valence-electron chi connectivity index (χ2n) is 3.01. The van der Waals surface area contributed by atoms with Crippen LogP contribution >= 0.6 is 11.3 Å². The minimum absolute atomic E-state index is 0.527. The van der Waals surface area contributed by atoms with Gasteiger partial charge in [0.2, 0.25) is 0 Å². The summed E-state index contributed by atoms with van der Waals surface area (Å²) >= 11 is 1.41. The minimum atomic E-state index is 0.527. The zero-order chi connectivity index (χ0) is 10.7. The number of ether oxygens (including phenoxy) is 1. The highest BCUT2D eigenvalue weighted by molar-refractivity contribution is 7.07. The number of thiazole rings is 1. The van der Waals surface area contributed by atoms with Crippen LogP contribution in [0, 0.1) is 5.41 Å². The van der Waals surface area contributed by atoms with Gasteiger partial charge < -0.3 is 4.74 Å². The number of hydrogen-bond acceptors (Lipinski definition) is 3. The van der Waals surface area contributed by atoms with Crippen LogP contribution in [0.5, 0.6) is 5.75 Å². The van der Waals surface area contributed by atoms with Crippen molar-refractivity contribution in [3.8, 4) is 11.4 Å². The van der Waals surface area contributed by atoms with E-state index in [0.717, 1.165) is 11.4 Å². The fourth-order valence-corrected chi connectivity index (χ4v) is 1.94. The molecule has 78 valence electrons.